The molecule has 0 saturated carbocycles. The molecule has 2 aromatic rings. The van der Waals surface area contributed by atoms with Crippen molar-refractivity contribution in [2.75, 3.05) is 11.4 Å². The highest BCUT2D eigenvalue weighted by Gasteiger charge is 2.22. The van der Waals surface area contributed by atoms with Gasteiger partial charge in [-0.05, 0) is 29.7 Å². The van der Waals surface area contributed by atoms with Crippen molar-refractivity contribution >= 4 is 23.6 Å². The Balaban J connectivity index is 1.91. The number of aldehydes is 1. The van der Waals surface area contributed by atoms with Crippen LogP contribution < -0.4 is 4.90 Å². The van der Waals surface area contributed by atoms with E-state index >= 15 is 0 Å². The Kier molecular flexibility index (Phi) is 3.26. The van der Waals surface area contributed by atoms with Crippen LogP contribution in [0, 0.1) is 0 Å². The van der Waals surface area contributed by atoms with E-state index < -0.39 is 0 Å². The first kappa shape index (κ1) is 12.2. The van der Waals surface area contributed by atoms with Gasteiger partial charge in [-0.15, -0.1) is 0 Å². The summed E-state index contributed by atoms with van der Waals surface area (Å²) in [6, 6.07) is 14.2. The second-order valence-corrected chi connectivity index (χ2v) is 5.12. The Labute approximate surface area is 117 Å². The number of halogens is 1. The molecule has 0 radical (unpaired) electrons. The first-order valence-corrected chi connectivity index (χ1v) is 6.73. The van der Waals surface area contributed by atoms with Crippen molar-refractivity contribution in [3.8, 4) is 0 Å². The summed E-state index contributed by atoms with van der Waals surface area (Å²) >= 11 is 6.26. The zero-order valence-corrected chi connectivity index (χ0v) is 11.2. The van der Waals surface area contributed by atoms with Gasteiger partial charge in [0.2, 0.25) is 0 Å². The molecule has 2 aromatic carbocycles. The summed E-state index contributed by atoms with van der Waals surface area (Å²) in [6.07, 6.45) is 1.73. The predicted octanol–water partition coefficient (Wildman–Crippen LogP) is 3.72. The van der Waals surface area contributed by atoms with Gasteiger partial charge >= 0.3 is 0 Å². The third-order valence-electron chi connectivity index (χ3n) is 3.56. The average Bonchev–Trinajstić information content (AvgIpc) is 2.85. The molecule has 1 heterocycles. The smallest absolute Gasteiger partial charge is 0.151 e. The van der Waals surface area contributed by atoms with Gasteiger partial charge in [0, 0.05) is 24.3 Å². The molecule has 0 unspecified atom stereocenters. The van der Waals surface area contributed by atoms with Crippen molar-refractivity contribution in [1.82, 2.24) is 0 Å². The Morgan fingerprint density at radius 3 is 2.68 bits per heavy atom. The van der Waals surface area contributed by atoms with Crippen LogP contribution in [0.3, 0.4) is 0 Å². The number of fused-ring (bicyclic) bond motifs is 1. The van der Waals surface area contributed by atoms with Gasteiger partial charge in [0.05, 0.1) is 5.02 Å². The van der Waals surface area contributed by atoms with E-state index in [1.54, 1.807) is 6.07 Å². The third-order valence-corrected chi connectivity index (χ3v) is 4.01. The average molecular weight is 272 g/mol. The van der Waals surface area contributed by atoms with E-state index in [2.05, 4.69) is 29.2 Å². The van der Waals surface area contributed by atoms with Crippen LogP contribution in [0.4, 0.5) is 5.69 Å². The van der Waals surface area contributed by atoms with Crippen LogP contribution >= 0.6 is 11.6 Å². The van der Waals surface area contributed by atoms with E-state index in [0.717, 1.165) is 37.0 Å². The van der Waals surface area contributed by atoms with Gasteiger partial charge in [0.25, 0.3) is 0 Å². The van der Waals surface area contributed by atoms with Crippen LogP contribution in [0.2, 0.25) is 5.02 Å². The van der Waals surface area contributed by atoms with Gasteiger partial charge in [-0.25, -0.2) is 0 Å². The Hall–Kier alpha value is -1.80. The van der Waals surface area contributed by atoms with Gasteiger partial charge in [-0.2, -0.15) is 0 Å². The number of anilines is 1. The number of rotatable bonds is 3. The molecule has 3 heteroatoms. The second-order valence-electron chi connectivity index (χ2n) is 4.74. The van der Waals surface area contributed by atoms with Crippen molar-refractivity contribution in [1.29, 1.82) is 0 Å². The molecule has 3 rings (SSSR count). The number of carbonyl (C=O) groups excluding carboxylic acids is 1. The Morgan fingerprint density at radius 2 is 1.95 bits per heavy atom. The molecule has 0 spiro atoms. The Morgan fingerprint density at radius 1 is 1.16 bits per heavy atom. The molecule has 96 valence electrons. The molecule has 0 aliphatic carbocycles. The number of carbonyl (C=O) groups is 1. The predicted molar refractivity (Wildman–Crippen MR) is 78.0 cm³/mol. The zero-order valence-electron chi connectivity index (χ0n) is 10.5. The quantitative estimate of drug-likeness (QED) is 0.793. The molecule has 0 saturated heterocycles. The van der Waals surface area contributed by atoms with Gasteiger partial charge < -0.3 is 4.90 Å². The normalized spacial score (nSPS) is 13.4. The van der Waals surface area contributed by atoms with Crippen molar-refractivity contribution in [3.05, 3.63) is 64.2 Å². The minimum atomic E-state index is 0.585. The maximum atomic E-state index is 10.9. The summed E-state index contributed by atoms with van der Waals surface area (Å²) < 4.78 is 0. The van der Waals surface area contributed by atoms with E-state index in [1.807, 2.05) is 12.1 Å². The summed E-state index contributed by atoms with van der Waals surface area (Å²) in [6.45, 7) is 1.83. The second kappa shape index (κ2) is 5.06. The molecular formula is C16H14ClNO. The maximum absolute atomic E-state index is 10.9. The fourth-order valence-corrected chi connectivity index (χ4v) is 2.89. The van der Waals surface area contributed by atoms with Crippen LogP contribution in [0.1, 0.15) is 21.5 Å². The third kappa shape index (κ3) is 2.24. The zero-order chi connectivity index (χ0) is 13.2. The molecule has 0 bridgehead atoms. The summed E-state index contributed by atoms with van der Waals surface area (Å²) in [7, 11) is 0. The lowest BCUT2D eigenvalue weighted by Gasteiger charge is -2.19. The molecule has 0 atom stereocenters. The van der Waals surface area contributed by atoms with E-state index in [0.29, 0.717) is 10.6 Å². The summed E-state index contributed by atoms with van der Waals surface area (Å²) in [5.74, 6) is 0. The molecule has 19 heavy (non-hydrogen) atoms. The standard InChI is InChI=1S/C16H14ClNO/c17-16-13(11-19)6-7-15-14(16)8-9-18(15)10-12-4-2-1-3-5-12/h1-7,11H,8-10H2. The van der Waals surface area contributed by atoms with Gasteiger partial charge in [-0.1, -0.05) is 41.9 Å². The minimum absolute atomic E-state index is 0.585. The lowest BCUT2D eigenvalue weighted by molar-refractivity contribution is 0.112. The molecule has 1 aliphatic rings. The van der Waals surface area contributed by atoms with Crippen molar-refractivity contribution < 1.29 is 4.79 Å². The number of nitrogens with zero attached hydrogens (tertiary/aromatic N) is 1. The molecule has 0 fully saturated rings. The lowest BCUT2D eigenvalue weighted by atomic mass is 10.1. The fourth-order valence-electron chi connectivity index (χ4n) is 2.59. The molecule has 0 aromatic heterocycles. The minimum Gasteiger partial charge on any atom is -0.367 e. The summed E-state index contributed by atoms with van der Waals surface area (Å²) in [5.41, 5.74) is 4.12. The van der Waals surface area contributed by atoms with Crippen LogP contribution in [0.5, 0.6) is 0 Å². The van der Waals surface area contributed by atoms with Crippen LogP contribution in [-0.4, -0.2) is 12.8 Å². The van der Waals surface area contributed by atoms with Gasteiger partial charge in [-0.3, -0.25) is 4.79 Å². The highest BCUT2D eigenvalue weighted by Crippen LogP contribution is 2.35. The number of benzene rings is 2. The topological polar surface area (TPSA) is 20.3 Å². The molecule has 1 aliphatic heterocycles. The van der Waals surface area contributed by atoms with Gasteiger partial charge in [0.15, 0.2) is 6.29 Å². The van der Waals surface area contributed by atoms with E-state index in [9.17, 15) is 4.79 Å². The highest BCUT2D eigenvalue weighted by molar-refractivity contribution is 6.34. The summed E-state index contributed by atoms with van der Waals surface area (Å²) in [5, 5.41) is 0.614. The van der Waals surface area contributed by atoms with Crippen LogP contribution in [0.25, 0.3) is 0 Å². The van der Waals surface area contributed by atoms with E-state index in [-0.39, 0.29) is 0 Å². The number of hydrogen-bond donors (Lipinski definition) is 0. The van der Waals surface area contributed by atoms with Crippen molar-refractivity contribution in [3.63, 3.8) is 0 Å². The largest absolute Gasteiger partial charge is 0.367 e. The summed E-state index contributed by atoms with van der Waals surface area (Å²) in [4.78, 5) is 13.2. The van der Waals surface area contributed by atoms with Gasteiger partial charge in [0.1, 0.15) is 0 Å². The number of hydrogen-bond acceptors (Lipinski definition) is 2. The van der Waals surface area contributed by atoms with E-state index in [1.165, 1.54) is 5.56 Å². The highest BCUT2D eigenvalue weighted by atomic mass is 35.5. The monoisotopic (exact) mass is 271 g/mol. The molecular weight excluding hydrogens is 258 g/mol. The Bertz CT molecular complexity index is 610. The van der Waals surface area contributed by atoms with Crippen molar-refractivity contribution in [2.45, 2.75) is 13.0 Å². The van der Waals surface area contributed by atoms with E-state index in [4.69, 9.17) is 11.6 Å². The molecule has 2 nitrogen and oxygen atoms in total. The van der Waals surface area contributed by atoms with Crippen LogP contribution in [0.15, 0.2) is 42.5 Å². The van der Waals surface area contributed by atoms with Crippen molar-refractivity contribution in [2.24, 2.45) is 0 Å². The molecule has 0 amide bonds. The SMILES string of the molecule is O=Cc1ccc2c(c1Cl)CCN2Cc1ccccc1. The molecule has 0 N–H and O–H groups in total. The fraction of sp³-hybridized carbons (Fsp3) is 0.188. The first-order valence-electron chi connectivity index (χ1n) is 6.35. The maximum Gasteiger partial charge on any atom is 0.151 e. The van der Waals surface area contributed by atoms with Crippen LogP contribution in [-0.2, 0) is 13.0 Å². The lowest BCUT2D eigenvalue weighted by Crippen LogP contribution is -2.19. The first-order chi connectivity index (χ1) is 9.29.